The van der Waals surface area contributed by atoms with Gasteiger partial charge in [-0.1, -0.05) is 12.1 Å². The Labute approximate surface area is 182 Å². The molecule has 31 heavy (non-hydrogen) atoms. The molecule has 1 fully saturated rings. The summed E-state index contributed by atoms with van der Waals surface area (Å²) >= 11 is 1.25. The Hall–Kier alpha value is -3.59. The Bertz CT molecular complexity index is 1040. The Morgan fingerprint density at radius 3 is 2.35 bits per heavy atom. The van der Waals surface area contributed by atoms with Crippen molar-refractivity contribution < 1.29 is 29.3 Å². The smallest absolute Gasteiger partial charge is 0.335 e. The zero-order valence-electron chi connectivity index (χ0n) is 16.6. The second kappa shape index (κ2) is 9.94. The van der Waals surface area contributed by atoms with E-state index in [4.69, 9.17) is 14.9 Å². The molecule has 8 nitrogen and oxygen atoms in total. The molecule has 160 valence electrons. The minimum atomic E-state index is -1.01. The van der Waals surface area contributed by atoms with Crippen LogP contribution in [-0.4, -0.2) is 51.3 Å². The number of benzene rings is 2. The average Bonchev–Trinajstić information content (AvgIpc) is 3.03. The van der Waals surface area contributed by atoms with Gasteiger partial charge in [-0.05, 0) is 66.7 Å². The third kappa shape index (κ3) is 5.73. The molecule has 0 bridgehead atoms. The lowest BCUT2D eigenvalue weighted by molar-refractivity contribution is -0.137. The van der Waals surface area contributed by atoms with Crippen LogP contribution in [0.3, 0.4) is 0 Å². The first-order chi connectivity index (χ1) is 14.9. The van der Waals surface area contributed by atoms with E-state index in [1.807, 2.05) is 6.92 Å². The molecule has 0 atom stereocenters. The number of rotatable bonds is 8. The minimum absolute atomic E-state index is 0.0784. The van der Waals surface area contributed by atoms with Crippen LogP contribution in [0, 0.1) is 0 Å². The Kier molecular flexibility index (Phi) is 7.09. The molecule has 0 unspecified atom stereocenters. The van der Waals surface area contributed by atoms with Crippen molar-refractivity contribution in [1.82, 2.24) is 4.90 Å². The number of carbonyl (C=O) groups is 3. The molecule has 1 heterocycles. The molecule has 2 aromatic carbocycles. The summed E-state index contributed by atoms with van der Waals surface area (Å²) in [5.41, 5.74) is 1.52. The van der Waals surface area contributed by atoms with Crippen LogP contribution in [0.1, 0.15) is 29.3 Å². The van der Waals surface area contributed by atoms with Crippen LogP contribution in [0.25, 0.3) is 6.08 Å². The van der Waals surface area contributed by atoms with Gasteiger partial charge in [0.05, 0.1) is 29.2 Å². The van der Waals surface area contributed by atoms with Gasteiger partial charge in [0, 0.05) is 6.54 Å². The summed E-state index contributed by atoms with van der Waals surface area (Å²) in [6, 6.07) is 13.1. The molecule has 1 aliphatic heterocycles. The van der Waals surface area contributed by atoms with Crippen molar-refractivity contribution in [3.8, 4) is 5.75 Å². The fourth-order valence-electron chi connectivity index (χ4n) is 2.73. The summed E-state index contributed by atoms with van der Waals surface area (Å²) in [7, 11) is 0. The summed E-state index contributed by atoms with van der Waals surface area (Å²) in [6.07, 6.45) is 1.68. The molecule has 0 aliphatic carbocycles. The Balaban J connectivity index is 1.75. The number of ether oxygens (including phenoxy) is 1. The molecule has 2 N–H and O–H groups in total. The summed E-state index contributed by atoms with van der Waals surface area (Å²) in [6.45, 7) is 2.39. The third-order valence-corrected chi connectivity index (χ3v) is 5.31. The van der Waals surface area contributed by atoms with Gasteiger partial charge in [-0.25, -0.2) is 9.79 Å². The predicted molar refractivity (Wildman–Crippen MR) is 118 cm³/mol. The number of amidine groups is 1. The lowest BCUT2D eigenvalue weighted by Gasteiger charge is -2.12. The maximum atomic E-state index is 12.8. The van der Waals surface area contributed by atoms with Crippen molar-refractivity contribution in [1.29, 1.82) is 0 Å². The molecule has 1 saturated heterocycles. The molecule has 0 spiro atoms. The molecule has 0 radical (unpaired) electrons. The number of hydrogen-bond acceptors (Lipinski definition) is 6. The van der Waals surface area contributed by atoms with Crippen molar-refractivity contribution in [2.75, 3.05) is 13.2 Å². The Morgan fingerprint density at radius 2 is 1.77 bits per heavy atom. The van der Waals surface area contributed by atoms with E-state index >= 15 is 0 Å². The van der Waals surface area contributed by atoms with E-state index in [9.17, 15) is 14.4 Å². The fraction of sp³-hybridized carbons (Fsp3) is 0.182. The summed E-state index contributed by atoms with van der Waals surface area (Å²) < 4.78 is 5.37. The largest absolute Gasteiger partial charge is 0.493 e. The first kappa shape index (κ1) is 22.1. The van der Waals surface area contributed by atoms with E-state index in [0.717, 1.165) is 5.56 Å². The minimum Gasteiger partial charge on any atom is -0.493 e. The maximum Gasteiger partial charge on any atom is 0.335 e. The quantitative estimate of drug-likeness (QED) is 0.599. The highest BCUT2D eigenvalue weighted by molar-refractivity contribution is 8.18. The van der Waals surface area contributed by atoms with Gasteiger partial charge in [-0.3, -0.25) is 14.5 Å². The number of carboxylic acid groups (broad SMARTS) is 2. The summed E-state index contributed by atoms with van der Waals surface area (Å²) in [5.74, 6) is -1.54. The van der Waals surface area contributed by atoms with Crippen molar-refractivity contribution in [3.63, 3.8) is 0 Å². The van der Waals surface area contributed by atoms with Gasteiger partial charge in [0.15, 0.2) is 5.17 Å². The number of carboxylic acids is 2. The summed E-state index contributed by atoms with van der Waals surface area (Å²) in [4.78, 5) is 40.9. The molecular weight excluding hydrogens is 420 g/mol. The lowest BCUT2D eigenvalue weighted by Crippen LogP contribution is -2.28. The third-order valence-electron chi connectivity index (χ3n) is 4.31. The van der Waals surface area contributed by atoms with Gasteiger partial charge >= 0.3 is 11.9 Å². The number of carbonyl (C=O) groups excluding carboxylic acids is 1. The van der Waals surface area contributed by atoms with Crippen LogP contribution in [0.2, 0.25) is 0 Å². The zero-order chi connectivity index (χ0) is 22.4. The van der Waals surface area contributed by atoms with Crippen molar-refractivity contribution in [2.24, 2.45) is 4.99 Å². The first-order valence-corrected chi connectivity index (χ1v) is 10.3. The van der Waals surface area contributed by atoms with Crippen LogP contribution in [0.5, 0.6) is 5.75 Å². The highest BCUT2D eigenvalue weighted by Gasteiger charge is 2.32. The molecule has 2 aromatic rings. The number of aliphatic carboxylic acids is 1. The van der Waals surface area contributed by atoms with E-state index in [1.54, 1.807) is 47.4 Å². The predicted octanol–water partition coefficient (Wildman–Crippen LogP) is 3.86. The van der Waals surface area contributed by atoms with Gasteiger partial charge in [-0.2, -0.15) is 0 Å². The van der Waals surface area contributed by atoms with Gasteiger partial charge in [0.1, 0.15) is 5.75 Å². The molecule has 0 saturated carbocycles. The number of hydrogen-bond donors (Lipinski definition) is 2. The SMILES string of the molecule is CCN1C(=O)/C(=C/c2ccc(OCCC(=O)O)cc2)SC1=Nc1ccc(C(=O)O)cc1. The fourth-order valence-corrected chi connectivity index (χ4v) is 3.79. The van der Waals surface area contributed by atoms with E-state index < -0.39 is 11.9 Å². The van der Waals surface area contributed by atoms with Gasteiger partial charge in [-0.15, -0.1) is 0 Å². The van der Waals surface area contributed by atoms with Crippen LogP contribution >= 0.6 is 11.8 Å². The van der Waals surface area contributed by atoms with E-state index in [2.05, 4.69) is 4.99 Å². The van der Waals surface area contributed by atoms with Gasteiger partial charge < -0.3 is 14.9 Å². The van der Waals surface area contributed by atoms with Crippen molar-refractivity contribution in [3.05, 3.63) is 64.6 Å². The molecule has 1 amide bonds. The molecule has 1 aliphatic rings. The van der Waals surface area contributed by atoms with Crippen molar-refractivity contribution >= 4 is 46.5 Å². The average molecular weight is 440 g/mol. The van der Waals surface area contributed by atoms with E-state index in [-0.39, 0.29) is 24.5 Å². The van der Waals surface area contributed by atoms with E-state index in [1.165, 1.54) is 23.9 Å². The Morgan fingerprint density at radius 1 is 1.10 bits per heavy atom. The highest BCUT2D eigenvalue weighted by atomic mass is 32.2. The summed E-state index contributed by atoms with van der Waals surface area (Å²) in [5, 5.41) is 18.2. The van der Waals surface area contributed by atoms with Gasteiger partial charge in [0.25, 0.3) is 5.91 Å². The van der Waals surface area contributed by atoms with Crippen LogP contribution in [-0.2, 0) is 9.59 Å². The number of thioether (sulfide) groups is 1. The zero-order valence-corrected chi connectivity index (χ0v) is 17.5. The van der Waals surface area contributed by atoms with Crippen LogP contribution in [0.4, 0.5) is 5.69 Å². The molecular formula is C22H20N2O6S. The normalized spacial score (nSPS) is 16.2. The number of aliphatic imine (C=N–C) groups is 1. The van der Waals surface area contributed by atoms with E-state index in [0.29, 0.717) is 28.1 Å². The number of nitrogens with zero attached hydrogens (tertiary/aromatic N) is 2. The molecule has 9 heteroatoms. The van der Waals surface area contributed by atoms with Gasteiger partial charge in [0.2, 0.25) is 0 Å². The topological polar surface area (TPSA) is 117 Å². The second-order valence-electron chi connectivity index (χ2n) is 6.47. The molecule has 3 rings (SSSR count). The van der Waals surface area contributed by atoms with Crippen molar-refractivity contribution in [2.45, 2.75) is 13.3 Å². The first-order valence-electron chi connectivity index (χ1n) is 9.45. The molecule has 0 aromatic heterocycles. The van der Waals surface area contributed by atoms with Crippen LogP contribution < -0.4 is 4.74 Å². The number of likely N-dealkylation sites (N-methyl/N-ethyl adjacent to an activating group) is 1. The maximum absolute atomic E-state index is 12.8. The number of amides is 1. The number of aromatic carboxylic acids is 1. The second-order valence-corrected chi connectivity index (χ2v) is 7.48. The van der Waals surface area contributed by atoms with Crippen LogP contribution in [0.15, 0.2) is 58.4 Å². The standard InChI is InChI=1S/C22H20N2O6S/c1-2-24-20(27)18(13-14-3-9-17(10-4-14)30-12-11-19(25)26)31-22(24)23-16-7-5-15(6-8-16)21(28)29/h3-10,13H,2,11-12H2,1H3,(H,25,26)(H,28,29)/b18-13-,23-22?. The monoisotopic (exact) mass is 440 g/mol. The lowest BCUT2D eigenvalue weighted by atomic mass is 10.2. The highest BCUT2D eigenvalue weighted by Crippen LogP contribution is 2.34.